The number of carboxylic acid groups (broad SMARTS) is 1. The van der Waals surface area contributed by atoms with Gasteiger partial charge in [-0.3, -0.25) is 4.79 Å². The third-order valence-corrected chi connectivity index (χ3v) is 2.88. The molecule has 0 aromatic carbocycles. The van der Waals surface area contributed by atoms with Crippen LogP contribution in [0.3, 0.4) is 0 Å². The van der Waals surface area contributed by atoms with Crippen LogP contribution in [0, 0.1) is 11.3 Å². The zero-order valence-corrected chi connectivity index (χ0v) is 9.78. The summed E-state index contributed by atoms with van der Waals surface area (Å²) in [6, 6.07) is 0. The molecular formula is C11H19NO4. The Labute approximate surface area is 95.2 Å². The van der Waals surface area contributed by atoms with Crippen molar-refractivity contribution in [3.8, 4) is 0 Å². The second kappa shape index (κ2) is 5.30. The molecule has 2 N–H and O–H groups in total. The second-order valence-electron chi connectivity index (χ2n) is 4.93. The van der Waals surface area contributed by atoms with Gasteiger partial charge in [0.1, 0.15) is 13.2 Å². The smallest absolute Gasteiger partial charge is 0.329 e. The zero-order chi connectivity index (χ0) is 12.2. The first-order chi connectivity index (χ1) is 7.42. The van der Waals surface area contributed by atoms with Crippen molar-refractivity contribution < 1.29 is 19.4 Å². The molecule has 1 amide bonds. The number of carbonyl (C=O) groups excluding carboxylic acids is 1. The summed E-state index contributed by atoms with van der Waals surface area (Å²) in [5.41, 5.74) is 0.127. The Hall–Kier alpha value is -1.10. The van der Waals surface area contributed by atoms with Gasteiger partial charge in [-0.2, -0.15) is 0 Å². The second-order valence-corrected chi connectivity index (χ2v) is 4.93. The molecule has 0 aliphatic heterocycles. The van der Waals surface area contributed by atoms with Crippen LogP contribution in [0.2, 0.25) is 0 Å². The Morgan fingerprint density at radius 1 is 1.38 bits per heavy atom. The molecule has 0 unspecified atom stereocenters. The topological polar surface area (TPSA) is 75.6 Å². The van der Waals surface area contributed by atoms with E-state index in [1.165, 1.54) is 12.8 Å². The largest absolute Gasteiger partial charge is 0.480 e. The third kappa shape index (κ3) is 4.61. The lowest BCUT2D eigenvalue weighted by Crippen LogP contribution is -2.37. The monoisotopic (exact) mass is 229 g/mol. The lowest BCUT2D eigenvalue weighted by molar-refractivity contribution is -0.143. The number of hydrogen-bond acceptors (Lipinski definition) is 3. The van der Waals surface area contributed by atoms with E-state index in [0.29, 0.717) is 12.5 Å². The van der Waals surface area contributed by atoms with E-state index < -0.39 is 12.6 Å². The van der Waals surface area contributed by atoms with Crippen LogP contribution in [0.25, 0.3) is 0 Å². The fourth-order valence-corrected chi connectivity index (χ4v) is 1.62. The number of amides is 1. The van der Waals surface area contributed by atoms with E-state index in [4.69, 9.17) is 5.11 Å². The van der Waals surface area contributed by atoms with Crippen LogP contribution < -0.4 is 5.32 Å². The fourth-order valence-electron chi connectivity index (χ4n) is 1.62. The maximum Gasteiger partial charge on any atom is 0.329 e. The molecule has 5 nitrogen and oxygen atoms in total. The van der Waals surface area contributed by atoms with Crippen molar-refractivity contribution in [3.63, 3.8) is 0 Å². The molecule has 0 aromatic rings. The minimum atomic E-state index is -1.06. The molecule has 0 spiro atoms. The highest BCUT2D eigenvalue weighted by molar-refractivity contribution is 5.77. The van der Waals surface area contributed by atoms with Crippen molar-refractivity contribution in [1.29, 1.82) is 0 Å². The minimum absolute atomic E-state index is 0.127. The van der Waals surface area contributed by atoms with Crippen LogP contribution in [0.4, 0.5) is 0 Å². The quantitative estimate of drug-likeness (QED) is 0.671. The number of hydrogen-bond donors (Lipinski definition) is 2. The van der Waals surface area contributed by atoms with Gasteiger partial charge >= 0.3 is 5.97 Å². The number of ether oxygens (including phenoxy) is 1. The summed E-state index contributed by atoms with van der Waals surface area (Å²) < 4.78 is 4.69. The highest BCUT2D eigenvalue weighted by Gasteiger charge is 2.37. The fraction of sp³-hybridized carbons (Fsp3) is 0.818. The van der Waals surface area contributed by atoms with Crippen molar-refractivity contribution in [1.82, 2.24) is 5.32 Å². The van der Waals surface area contributed by atoms with Crippen molar-refractivity contribution >= 4 is 11.9 Å². The summed E-state index contributed by atoms with van der Waals surface area (Å²) in [6.07, 6.45) is 2.47. The molecule has 0 atom stereocenters. The molecule has 92 valence electrons. The Bertz CT molecular complexity index is 271. The first-order valence-electron chi connectivity index (χ1n) is 5.48. The molecule has 1 fully saturated rings. The van der Waals surface area contributed by atoms with E-state index in [-0.39, 0.29) is 17.9 Å². The zero-order valence-electron chi connectivity index (χ0n) is 9.78. The van der Waals surface area contributed by atoms with Crippen LogP contribution in [-0.2, 0) is 14.3 Å². The van der Waals surface area contributed by atoms with E-state index in [1.807, 2.05) is 0 Å². The first-order valence-corrected chi connectivity index (χ1v) is 5.48. The number of nitrogens with one attached hydrogen (secondary N) is 1. The van der Waals surface area contributed by atoms with Crippen molar-refractivity contribution in [3.05, 3.63) is 0 Å². The molecule has 16 heavy (non-hydrogen) atoms. The molecule has 0 heterocycles. The van der Waals surface area contributed by atoms with E-state index in [1.54, 1.807) is 0 Å². The Morgan fingerprint density at radius 2 is 2.00 bits per heavy atom. The Kier molecular flexibility index (Phi) is 4.29. The average Bonchev–Trinajstić information content (AvgIpc) is 2.97. The minimum Gasteiger partial charge on any atom is -0.480 e. The predicted octanol–water partition coefficient (Wildman–Crippen LogP) is 0.640. The molecule has 1 saturated carbocycles. The highest BCUT2D eigenvalue weighted by Crippen LogP contribution is 2.44. The Balaban J connectivity index is 2.12. The predicted molar refractivity (Wildman–Crippen MR) is 58.0 cm³/mol. The van der Waals surface area contributed by atoms with Gasteiger partial charge in [0.2, 0.25) is 5.91 Å². The molecule has 0 saturated heterocycles. The van der Waals surface area contributed by atoms with Crippen molar-refractivity contribution in [2.75, 3.05) is 19.8 Å². The van der Waals surface area contributed by atoms with E-state index >= 15 is 0 Å². The SMILES string of the molecule is CC(C)(CNC(=O)COCC(=O)O)C1CC1. The van der Waals surface area contributed by atoms with Gasteiger partial charge in [0.25, 0.3) is 0 Å². The molecule has 1 rings (SSSR count). The van der Waals surface area contributed by atoms with Crippen molar-refractivity contribution in [2.24, 2.45) is 11.3 Å². The van der Waals surface area contributed by atoms with Crippen LogP contribution in [0.15, 0.2) is 0 Å². The number of carboxylic acids is 1. The average molecular weight is 229 g/mol. The van der Waals surface area contributed by atoms with Gasteiger partial charge in [-0.1, -0.05) is 13.8 Å². The molecular weight excluding hydrogens is 210 g/mol. The third-order valence-electron chi connectivity index (χ3n) is 2.88. The van der Waals surface area contributed by atoms with E-state index in [2.05, 4.69) is 23.9 Å². The van der Waals surface area contributed by atoms with Crippen molar-refractivity contribution in [2.45, 2.75) is 26.7 Å². The number of carbonyl (C=O) groups is 2. The van der Waals surface area contributed by atoms with Crippen LogP contribution in [-0.4, -0.2) is 36.7 Å². The molecule has 1 aliphatic carbocycles. The number of aliphatic carboxylic acids is 1. The Morgan fingerprint density at radius 3 is 2.50 bits per heavy atom. The van der Waals surface area contributed by atoms with Crippen LogP contribution in [0.5, 0.6) is 0 Å². The first kappa shape index (κ1) is 13.0. The summed E-state index contributed by atoms with van der Waals surface area (Å²) in [7, 11) is 0. The standard InChI is InChI=1S/C11H19NO4/c1-11(2,8-3-4-8)7-12-9(13)5-16-6-10(14)15/h8H,3-7H2,1-2H3,(H,12,13)(H,14,15). The molecule has 0 bridgehead atoms. The number of rotatable bonds is 7. The van der Waals surface area contributed by atoms with Crippen LogP contribution in [0.1, 0.15) is 26.7 Å². The van der Waals surface area contributed by atoms with Gasteiger partial charge in [-0.15, -0.1) is 0 Å². The molecule has 1 aliphatic rings. The van der Waals surface area contributed by atoms with Crippen LogP contribution >= 0.6 is 0 Å². The molecule has 0 aromatic heterocycles. The molecule has 0 radical (unpaired) electrons. The van der Waals surface area contributed by atoms with Gasteiger partial charge in [0.15, 0.2) is 0 Å². The van der Waals surface area contributed by atoms with Gasteiger partial charge < -0.3 is 15.2 Å². The summed E-state index contributed by atoms with van der Waals surface area (Å²) in [4.78, 5) is 21.4. The summed E-state index contributed by atoms with van der Waals surface area (Å²) in [5.74, 6) is -0.617. The lowest BCUT2D eigenvalue weighted by Gasteiger charge is -2.24. The maximum atomic E-state index is 11.3. The highest BCUT2D eigenvalue weighted by atomic mass is 16.5. The van der Waals surface area contributed by atoms with Gasteiger partial charge in [-0.05, 0) is 24.2 Å². The van der Waals surface area contributed by atoms with Gasteiger partial charge in [-0.25, -0.2) is 4.79 Å². The summed E-state index contributed by atoms with van der Waals surface area (Å²) in [6.45, 7) is 4.26. The van der Waals surface area contributed by atoms with E-state index in [0.717, 1.165) is 0 Å². The summed E-state index contributed by atoms with van der Waals surface area (Å²) in [5, 5.41) is 11.1. The van der Waals surface area contributed by atoms with Gasteiger partial charge in [0.05, 0.1) is 0 Å². The maximum absolute atomic E-state index is 11.3. The normalized spacial score (nSPS) is 15.9. The molecule has 5 heteroatoms. The van der Waals surface area contributed by atoms with Gasteiger partial charge in [0, 0.05) is 6.54 Å². The summed E-state index contributed by atoms with van der Waals surface area (Å²) >= 11 is 0. The van der Waals surface area contributed by atoms with E-state index in [9.17, 15) is 9.59 Å². The lowest BCUT2D eigenvalue weighted by atomic mass is 9.87.